The van der Waals surface area contributed by atoms with Gasteiger partial charge in [0.1, 0.15) is 5.82 Å². The van der Waals surface area contributed by atoms with Gasteiger partial charge in [0.15, 0.2) is 0 Å². The molecular formula is C18H20F3N5. The molecule has 1 aromatic carbocycles. The summed E-state index contributed by atoms with van der Waals surface area (Å²) in [4.78, 5) is 10.7. The van der Waals surface area contributed by atoms with Gasteiger partial charge in [-0.05, 0) is 30.7 Å². The second kappa shape index (κ2) is 8.18. The van der Waals surface area contributed by atoms with Crippen molar-refractivity contribution in [1.82, 2.24) is 14.9 Å². The Morgan fingerprint density at radius 2 is 1.92 bits per heavy atom. The first-order chi connectivity index (χ1) is 12.5. The predicted octanol–water partition coefficient (Wildman–Crippen LogP) is 3.91. The minimum atomic E-state index is -4.38. The van der Waals surface area contributed by atoms with Crippen molar-refractivity contribution < 1.29 is 13.2 Å². The Balaban J connectivity index is 1.54. The van der Waals surface area contributed by atoms with Crippen LogP contribution in [0.25, 0.3) is 0 Å². The van der Waals surface area contributed by atoms with Crippen molar-refractivity contribution in [3.63, 3.8) is 0 Å². The van der Waals surface area contributed by atoms with Crippen LogP contribution in [0.2, 0.25) is 0 Å². The van der Waals surface area contributed by atoms with Crippen molar-refractivity contribution in [3.8, 4) is 0 Å². The van der Waals surface area contributed by atoms with Gasteiger partial charge in [0.05, 0.1) is 5.56 Å². The Kier molecular flexibility index (Phi) is 5.72. The molecule has 2 aromatic rings. The molecule has 0 unspecified atom stereocenters. The molecule has 1 aliphatic heterocycles. The van der Waals surface area contributed by atoms with E-state index in [1.54, 1.807) is 18.3 Å². The lowest BCUT2D eigenvalue weighted by Gasteiger charge is -2.14. The minimum Gasteiger partial charge on any atom is -0.370 e. The zero-order valence-electron chi connectivity index (χ0n) is 14.1. The second-order valence-electron chi connectivity index (χ2n) is 5.98. The first kappa shape index (κ1) is 18.2. The molecule has 0 fully saturated rings. The largest absolute Gasteiger partial charge is 0.416 e. The average Bonchev–Trinajstić information content (AvgIpc) is 3.12. The van der Waals surface area contributed by atoms with Crippen molar-refractivity contribution in [2.75, 3.05) is 36.8 Å². The van der Waals surface area contributed by atoms with Crippen LogP contribution >= 0.6 is 0 Å². The van der Waals surface area contributed by atoms with Crippen molar-refractivity contribution in [2.24, 2.45) is 0 Å². The highest BCUT2D eigenvalue weighted by atomic mass is 19.4. The van der Waals surface area contributed by atoms with Crippen LogP contribution in [0.4, 0.5) is 30.6 Å². The SMILES string of the molecule is FC(F)(F)c1cccc(Nc2nccc(NCCCN3CC=CC3)n2)c1. The second-order valence-corrected chi connectivity index (χ2v) is 5.98. The van der Waals surface area contributed by atoms with Crippen molar-refractivity contribution in [2.45, 2.75) is 12.6 Å². The fourth-order valence-electron chi connectivity index (χ4n) is 2.64. The molecule has 5 nitrogen and oxygen atoms in total. The van der Waals surface area contributed by atoms with Crippen LogP contribution in [0.3, 0.4) is 0 Å². The molecule has 138 valence electrons. The summed E-state index contributed by atoms with van der Waals surface area (Å²) < 4.78 is 38.3. The Bertz CT molecular complexity index is 752. The van der Waals surface area contributed by atoms with Crippen LogP contribution in [0, 0.1) is 0 Å². The van der Waals surface area contributed by atoms with Crippen LogP contribution in [0.5, 0.6) is 0 Å². The Hall–Kier alpha value is -2.61. The molecule has 0 bridgehead atoms. The van der Waals surface area contributed by atoms with E-state index in [1.807, 2.05) is 0 Å². The lowest BCUT2D eigenvalue weighted by atomic mass is 10.2. The maximum Gasteiger partial charge on any atom is 0.416 e. The number of nitrogens with zero attached hydrogens (tertiary/aromatic N) is 3. The third-order valence-electron chi connectivity index (χ3n) is 3.95. The van der Waals surface area contributed by atoms with Crippen LogP contribution in [-0.4, -0.2) is 41.0 Å². The summed E-state index contributed by atoms with van der Waals surface area (Å²) in [6, 6.07) is 6.69. The molecular weight excluding hydrogens is 343 g/mol. The van der Waals surface area contributed by atoms with Gasteiger partial charge in [-0.25, -0.2) is 4.98 Å². The van der Waals surface area contributed by atoms with Gasteiger partial charge in [0.2, 0.25) is 5.95 Å². The minimum absolute atomic E-state index is 0.248. The lowest BCUT2D eigenvalue weighted by Crippen LogP contribution is -2.23. The highest BCUT2D eigenvalue weighted by Crippen LogP contribution is 2.31. The molecule has 0 amide bonds. The van der Waals surface area contributed by atoms with E-state index in [1.165, 1.54) is 6.07 Å². The van der Waals surface area contributed by atoms with Crippen molar-refractivity contribution in [1.29, 1.82) is 0 Å². The van der Waals surface area contributed by atoms with Crippen LogP contribution in [0.15, 0.2) is 48.7 Å². The highest BCUT2D eigenvalue weighted by molar-refractivity contribution is 5.56. The number of anilines is 3. The molecule has 2 N–H and O–H groups in total. The van der Waals surface area contributed by atoms with E-state index in [0.717, 1.165) is 44.7 Å². The normalized spacial score (nSPS) is 14.6. The molecule has 1 aromatic heterocycles. The van der Waals surface area contributed by atoms with Gasteiger partial charge in [-0.15, -0.1) is 0 Å². The van der Waals surface area contributed by atoms with Gasteiger partial charge in [-0.3, -0.25) is 4.90 Å². The monoisotopic (exact) mass is 363 g/mol. The number of rotatable bonds is 7. The first-order valence-corrected chi connectivity index (χ1v) is 8.39. The summed E-state index contributed by atoms with van der Waals surface area (Å²) in [6.45, 7) is 3.76. The average molecular weight is 363 g/mol. The number of nitrogens with one attached hydrogen (secondary N) is 2. The van der Waals surface area contributed by atoms with Crippen LogP contribution in [0.1, 0.15) is 12.0 Å². The summed E-state index contributed by atoms with van der Waals surface area (Å²) in [5.41, 5.74) is -0.424. The molecule has 8 heteroatoms. The molecule has 0 radical (unpaired) electrons. The fourth-order valence-corrected chi connectivity index (χ4v) is 2.64. The Morgan fingerprint density at radius 3 is 2.69 bits per heavy atom. The number of hydrogen-bond acceptors (Lipinski definition) is 5. The quantitative estimate of drug-likeness (QED) is 0.577. The maximum absolute atomic E-state index is 12.8. The maximum atomic E-state index is 12.8. The zero-order valence-corrected chi connectivity index (χ0v) is 14.1. The third-order valence-corrected chi connectivity index (χ3v) is 3.95. The standard InChI is InChI=1S/C18H20F3N5/c19-18(20,21)14-5-3-6-15(13-14)24-17-23-9-7-16(25-17)22-8-4-12-26-10-1-2-11-26/h1-3,5-7,9,13H,4,8,10-12H2,(H2,22,23,24,25). The van der Waals surface area contributed by atoms with Gasteiger partial charge in [-0.2, -0.15) is 18.2 Å². The van der Waals surface area contributed by atoms with E-state index in [9.17, 15) is 13.2 Å². The molecule has 0 atom stereocenters. The fraction of sp³-hybridized carbons (Fsp3) is 0.333. The summed E-state index contributed by atoms with van der Waals surface area (Å²) in [5.74, 6) is 0.882. The van der Waals surface area contributed by atoms with Crippen LogP contribution < -0.4 is 10.6 Å². The van der Waals surface area contributed by atoms with E-state index < -0.39 is 11.7 Å². The van der Waals surface area contributed by atoms with Gasteiger partial charge in [0.25, 0.3) is 0 Å². The smallest absolute Gasteiger partial charge is 0.370 e. The lowest BCUT2D eigenvalue weighted by molar-refractivity contribution is -0.137. The molecule has 0 spiro atoms. The molecule has 2 heterocycles. The molecule has 3 rings (SSSR count). The number of halogens is 3. The Labute approximate surface area is 150 Å². The first-order valence-electron chi connectivity index (χ1n) is 8.39. The van der Waals surface area contributed by atoms with E-state index in [0.29, 0.717) is 11.5 Å². The zero-order chi connectivity index (χ0) is 18.4. The molecule has 0 saturated carbocycles. The van der Waals surface area contributed by atoms with Gasteiger partial charge < -0.3 is 10.6 Å². The topological polar surface area (TPSA) is 53.1 Å². The predicted molar refractivity (Wildman–Crippen MR) is 95.4 cm³/mol. The van der Waals surface area contributed by atoms with E-state index in [4.69, 9.17) is 0 Å². The summed E-state index contributed by atoms with van der Waals surface area (Å²) in [5, 5.41) is 6.03. The van der Waals surface area contributed by atoms with E-state index >= 15 is 0 Å². The molecule has 26 heavy (non-hydrogen) atoms. The number of benzene rings is 1. The van der Waals surface area contributed by atoms with Crippen LogP contribution in [-0.2, 0) is 6.18 Å². The molecule has 0 aliphatic carbocycles. The summed E-state index contributed by atoms with van der Waals surface area (Å²) >= 11 is 0. The van der Waals surface area contributed by atoms with E-state index in [2.05, 4.69) is 37.7 Å². The van der Waals surface area contributed by atoms with Gasteiger partial charge in [0, 0.05) is 38.1 Å². The number of hydrogen-bond donors (Lipinski definition) is 2. The van der Waals surface area contributed by atoms with Crippen molar-refractivity contribution >= 4 is 17.5 Å². The van der Waals surface area contributed by atoms with Gasteiger partial charge in [-0.1, -0.05) is 18.2 Å². The Morgan fingerprint density at radius 1 is 1.12 bits per heavy atom. The number of aromatic nitrogens is 2. The van der Waals surface area contributed by atoms with Gasteiger partial charge >= 0.3 is 6.18 Å². The molecule has 0 saturated heterocycles. The van der Waals surface area contributed by atoms with Crippen molar-refractivity contribution in [3.05, 3.63) is 54.2 Å². The summed E-state index contributed by atoms with van der Waals surface area (Å²) in [6.07, 6.45) is 2.47. The summed E-state index contributed by atoms with van der Waals surface area (Å²) in [7, 11) is 0. The molecule has 1 aliphatic rings. The third kappa shape index (κ3) is 5.19. The number of alkyl halides is 3. The van der Waals surface area contributed by atoms with E-state index in [-0.39, 0.29) is 5.95 Å². The highest BCUT2D eigenvalue weighted by Gasteiger charge is 2.30.